The third-order valence-electron chi connectivity index (χ3n) is 2.38. The Morgan fingerprint density at radius 1 is 1.50 bits per heavy atom. The number of rotatable bonds is 2. The molecule has 0 unspecified atom stereocenters. The molecule has 78 valence electrons. The summed E-state index contributed by atoms with van der Waals surface area (Å²) < 4.78 is 4.79. The quantitative estimate of drug-likeness (QED) is 0.485. The molecule has 1 rings (SSSR count). The number of hydrogen-bond donors (Lipinski definition) is 0. The number of Topliss-reactive ketones (excluding diaryl/α,β-unsaturated/α-hetero) is 2. The molecule has 0 radical (unpaired) electrons. The van der Waals surface area contributed by atoms with Gasteiger partial charge in [-0.15, -0.1) is 0 Å². The van der Waals surface area contributed by atoms with E-state index in [4.69, 9.17) is 4.74 Å². The van der Waals surface area contributed by atoms with Crippen LogP contribution in [0.25, 0.3) is 0 Å². The van der Waals surface area contributed by atoms with Gasteiger partial charge in [-0.2, -0.15) is 0 Å². The number of carbonyl (C=O) groups excluding carboxylic acids is 3. The molecule has 1 fully saturated rings. The summed E-state index contributed by atoms with van der Waals surface area (Å²) in [5.41, 5.74) is 0. The highest BCUT2D eigenvalue weighted by atomic mass is 16.5. The predicted molar refractivity (Wildman–Crippen MR) is 48.5 cm³/mol. The van der Waals surface area contributed by atoms with Crippen LogP contribution in [0.1, 0.15) is 26.7 Å². The maximum absolute atomic E-state index is 11.4. The normalized spacial score (nSPS) is 27.6. The molecule has 1 aliphatic rings. The average molecular weight is 198 g/mol. The van der Waals surface area contributed by atoms with Gasteiger partial charge in [0.05, 0.1) is 13.0 Å². The van der Waals surface area contributed by atoms with Crippen molar-refractivity contribution in [3.05, 3.63) is 0 Å². The highest BCUT2D eigenvalue weighted by Gasteiger charge is 2.39. The van der Waals surface area contributed by atoms with E-state index in [0.29, 0.717) is 6.42 Å². The summed E-state index contributed by atoms with van der Waals surface area (Å²) in [4.78, 5) is 33.8. The summed E-state index contributed by atoms with van der Waals surface area (Å²) in [5.74, 6) is -1.82. The number of esters is 1. The predicted octanol–water partition coefficient (Wildman–Crippen LogP) is 0.734. The summed E-state index contributed by atoms with van der Waals surface area (Å²) in [5, 5.41) is 0. The van der Waals surface area contributed by atoms with Gasteiger partial charge in [0.1, 0.15) is 11.7 Å². The Balaban J connectivity index is 2.71. The molecule has 0 saturated heterocycles. The first kappa shape index (κ1) is 10.9. The molecule has 4 nitrogen and oxygen atoms in total. The fourth-order valence-corrected chi connectivity index (χ4v) is 1.77. The fourth-order valence-electron chi connectivity index (χ4n) is 1.77. The fraction of sp³-hybridized carbons (Fsp3) is 0.700. The topological polar surface area (TPSA) is 60.4 Å². The lowest BCUT2D eigenvalue weighted by Crippen LogP contribution is -2.38. The van der Waals surface area contributed by atoms with Crippen LogP contribution in [0.5, 0.6) is 0 Å². The van der Waals surface area contributed by atoms with E-state index in [1.54, 1.807) is 13.8 Å². The number of hydrogen-bond acceptors (Lipinski definition) is 4. The van der Waals surface area contributed by atoms with Crippen LogP contribution in [0.3, 0.4) is 0 Å². The molecule has 4 heteroatoms. The highest BCUT2D eigenvalue weighted by Crippen LogP contribution is 2.25. The molecule has 0 aromatic carbocycles. The van der Waals surface area contributed by atoms with Crippen molar-refractivity contribution in [2.24, 2.45) is 11.8 Å². The molecule has 1 aliphatic carbocycles. The van der Waals surface area contributed by atoms with Gasteiger partial charge in [0.25, 0.3) is 0 Å². The Kier molecular flexibility index (Phi) is 3.38. The molecule has 0 N–H and O–H groups in total. The van der Waals surface area contributed by atoms with Crippen LogP contribution in [0.4, 0.5) is 0 Å². The van der Waals surface area contributed by atoms with Gasteiger partial charge in [0.15, 0.2) is 5.78 Å². The molecule has 0 aromatic heterocycles. The van der Waals surface area contributed by atoms with Crippen molar-refractivity contribution in [3.8, 4) is 0 Å². The van der Waals surface area contributed by atoms with Gasteiger partial charge in [0.2, 0.25) is 0 Å². The second kappa shape index (κ2) is 4.35. The first-order chi connectivity index (χ1) is 6.56. The molecule has 1 saturated carbocycles. The molecule has 0 bridgehead atoms. The second-order valence-corrected chi connectivity index (χ2v) is 3.59. The van der Waals surface area contributed by atoms with Crippen LogP contribution in [0.15, 0.2) is 0 Å². The SMILES string of the molecule is CCOC(=O)[C@H]1C(=O)CC(=O)C[C@@H]1C. The van der Waals surface area contributed by atoms with E-state index in [1.807, 2.05) is 0 Å². The zero-order valence-electron chi connectivity index (χ0n) is 8.41. The van der Waals surface area contributed by atoms with Crippen molar-refractivity contribution in [3.63, 3.8) is 0 Å². The van der Waals surface area contributed by atoms with Gasteiger partial charge >= 0.3 is 5.97 Å². The van der Waals surface area contributed by atoms with Crippen molar-refractivity contribution in [1.82, 2.24) is 0 Å². The minimum Gasteiger partial charge on any atom is -0.465 e. The Morgan fingerprint density at radius 2 is 2.14 bits per heavy atom. The van der Waals surface area contributed by atoms with Crippen LogP contribution in [-0.2, 0) is 19.1 Å². The third kappa shape index (κ3) is 2.19. The maximum atomic E-state index is 11.4. The minimum absolute atomic E-state index is 0.0805. The van der Waals surface area contributed by atoms with Gasteiger partial charge in [-0.25, -0.2) is 0 Å². The van der Waals surface area contributed by atoms with Crippen molar-refractivity contribution in [2.45, 2.75) is 26.7 Å². The van der Waals surface area contributed by atoms with Gasteiger partial charge in [-0.05, 0) is 12.8 Å². The Morgan fingerprint density at radius 3 is 2.64 bits per heavy atom. The van der Waals surface area contributed by atoms with E-state index >= 15 is 0 Å². The van der Waals surface area contributed by atoms with Gasteiger partial charge in [0, 0.05) is 6.42 Å². The van der Waals surface area contributed by atoms with E-state index in [1.165, 1.54) is 0 Å². The Hall–Kier alpha value is -1.19. The summed E-state index contributed by atoms with van der Waals surface area (Å²) in [7, 11) is 0. The van der Waals surface area contributed by atoms with E-state index < -0.39 is 11.9 Å². The summed E-state index contributed by atoms with van der Waals surface area (Å²) in [6.07, 6.45) is 0.184. The largest absolute Gasteiger partial charge is 0.465 e. The highest BCUT2D eigenvalue weighted by molar-refractivity contribution is 6.10. The maximum Gasteiger partial charge on any atom is 0.316 e. The van der Waals surface area contributed by atoms with Crippen LogP contribution >= 0.6 is 0 Å². The van der Waals surface area contributed by atoms with Crippen molar-refractivity contribution in [2.75, 3.05) is 6.61 Å². The van der Waals surface area contributed by atoms with Crippen LogP contribution in [0, 0.1) is 11.8 Å². The molecule has 0 spiro atoms. The standard InChI is InChI=1S/C10H14O4/c1-3-14-10(13)9-6(2)4-7(11)5-8(9)12/h6,9H,3-5H2,1-2H3/t6-,9+/m0/s1. The molecule has 0 heterocycles. The molecule has 14 heavy (non-hydrogen) atoms. The average Bonchev–Trinajstić information content (AvgIpc) is 2.01. The number of ether oxygens (including phenoxy) is 1. The third-order valence-corrected chi connectivity index (χ3v) is 2.38. The van der Waals surface area contributed by atoms with Gasteiger partial charge in [-0.1, -0.05) is 6.92 Å². The van der Waals surface area contributed by atoms with E-state index in [0.717, 1.165) is 0 Å². The Labute approximate surface area is 82.6 Å². The Bertz CT molecular complexity index is 269. The zero-order chi connectivity index (χ0) is 10.7. The summed E-state index contributed by atoms with van der Waals surface area (Å²) in [6.45, 7) is 3.70. The zero-order valence-corrected chi connectivity index (χ0v) is 8.41. The monoisotopic (exact) mass is 198 g/mol. The van der Waals surface area contributed by atoms with E-state index in [2.05, 4.69) is 0 Å². The molecular weight excluding hydrogens is 184 g/mol. The molecule has 0 aromatic rings. The number of carbonyl (C=O) groups is 3. The molecule has 2 atom stereocenters. The molecule has 0 aliphatic heterocycles. The van der Waals surface area contributed by atoms with Crippen LogP contribution in [0.2, 0.25) is 0 Å². The van der Waals surface area contributed by atoms with Crippen LogP contribution in [-0.4, -0.2) is 24.1 Å². The first-order valence-corrected chi connectivity index (χ1v) is 4.77. The van der Waals surface area contributed by atoms with Crippen molar-refractivity contribution >= 4 is 17.5 Å². The lowest BCUT2D eigenvalue weighted by Gasteiger charge is -2.24. The molecular formula is C10H14O4. The van der Waals surface area contributed by atoms with E-state index in [9.17, 15) is 14.4 Å². The lowest BCUT2D eigenvalue weighted by molar-refractivity contribution is -0.155. The van der Waals surface area contributed by atoms with Crippen molar-refractivity contribution < 1.29 is 19.1 Å². The number of ketones is 2. The van der Waals surface area contributed by atoms with Crippen LogP contribution < -0.4 is 0 Å². The second-order valence-electron chi connectivity index (χ2n) is 3.59. The first-order valence-electron chi connectivity index (χ1n) is 4.77. The summed E-state index contributed by atoms with van der Waals surface area (Å²) >= 11 is 0. The lowest BCUT2D eigenvalue weighted by atomic mass is 9.79. The summed E-state index contributed by atoms with van der Waals surface area (Å²) in [6, 6.07) is 0. The minimum atomic E-state index is -0.729. The smallest absolute Gasteiger partial charge is 0.316 e. The van der Waals surface area contributed by atoms with Crippen molar-refractivity contribution in [1.29, 1.82) is 0 Å². The van der Waals surface area contributed by atoms with E-state index in [-0.39, 0.29) is 30.5 Å². The van der Waals surface area contributed by atoms with Gasteiger partial charge in [-0.3, -0.25) is 14.4 Å². The molecule has 0 amide bonds. The van der Waals surface area contributed by atoms with Gasteiger partial charge < -0.3 is 4.74 Å².